The molecule has 0 radical (unpaired) electrons. The second kappa shape index (κ2) is 3.68. The fraction of sp³-hybridized carbons (Fsp3) is 0.167. The lowest BCUT2D eigenvalue weighted by Crippen LogP contribution is -2.45. The van der Waals surface area contributed by atoms with Crippen molar-refractivity contribution >= 4 is 5.69 Å². The Balaban J connectivity index is 2.11. The van der Waals surface area contributed by atoms with Gasteiger partial charge in [-0.3, -0.25) is 0 Å². The lowest BCUT2D eigenvalue weighted by atomic mass is 10.0. The molecule has 0 bridgehead atoms. The zero-order valence-electron chi connectivity index (χ0n) is 7.98. The van der Waals surface area contributed by atoms with E-state index in [1.807, 2.05) is 48.6 Å². The Morgan fingerprint density at radius 2 is 1.93 bits per heavy atom. The third-order valence-electron chi connectivity index (χ3n) is 2.25. The van der Waals surface area contributed by atoms with Crippen molar-refractivity contribution in [2.24, 2.45) is 5.73 Å². The molecule has 0 spiro atoms. The van der Waals surface area contributed by atoms with Crippen molar-refractivity contribution in [2.75, 3.05) is 5.32 Å². The smallest absolute Gasteiger partial charge is 0.109 e. The number of hydrogen-bond acceptors (Lipinski definition) is 2. The monoisotopic (exact) mass is 186 g/mol. The van der Waals surface area contributed by atoms with Crippen molar-refractivity contribution in [3.63, 3.8) is 0 Å². The molecule has 3 N–H and O–H groups in total. The number of allylic oxidation sites excluding steroid dienone is 2. The molecule has 0 aliphatic heterocycles. The Bertz CT molecular complexity index is 354. The van der Waals surface area contributed by atoms with Gasteiger partial charge in [-0.25, -0.2) is 0 Å². The van der Waals surface area contributed by atoms with Gasteiger partial charge in [-0.15, -0.1) is 0 Å². The van der Waals surface area contributed by atoms with Crippen LogP contribution in [0.5, 0.6) is 0 Å². The van der Waals surface area contributed by atoms with Gasteiger partial charge in [-0.2, -0.15) is 0 Å². The predicted molar refractivity (Wildman–Crippen MR) is 59.9 cm³/mol. The van der Waals surface area contributed by atoms with E-state index >= 15 is 0 Å². The Morgan fingerprint density at radius 1 is 1.14 bits per heavy atom. The molecule has 0 fully saturated rings. The Hall–Kier alpha value is -1.54. The van der Waals surface area contributed by atoms with Crippen LogP contribution in [0.4, 0.5) is 5.69 Å². The van der Waals surface area contributed by atoms with Crippen molar-refractivity contribution in [2.45, 2.75) is 12.1 Å². The highest BCUT2D eigenvalue weighted by Gasteiger charge is 2.20. The normalized spacial score (nSPS) is 24.9. The molecule has 1 atom stereocenters. The highest BCUT2D eigenvalue weighted by atomic mass is 15.1. The van der Waals surface area contributed by atoms with Gasteiger partial charge in [0.25, 0.3) is 0 Å². The minimum absolute atomic E-state index is 0.434. The average Bonchev–Trinajstić information content (AvgIpc) is 2.19. The molecule has 0 aromatic heterocycles. The molecule has 2 nitrogen and oxygen atoms in total. The molecule has 2 heteroatoms. The van der Waals surface area contributed by atoms with Crippen molar-refractivity contribution in [3.8, 4) is 0 Å². The van der Waals surface area contributed by atoms with Crippen molar-refractivity contribution < 1.29 is 0 Å². The highest BCUT2D eigenvalue weighted by molar-refractivity contribution is 5.47. The number of benzene rings is 1. The van der Waals surface area contributed by atoms with Crippen molar-refractivity contribution in [1.29, 1.82) is 0 Å². The van der Waals surface area contributed by atoms with Gasteiger partial charge < -0.3 is 11.1 Å². The lowest BCUT2D eigenvalue weighted by molar-refractivity contribution is 0.607. The van der Waals surface area contributed by atoms with Crippen LogP contribution in [0.1, 0.15) is 6.42 Å². The summed E-state index contributed by atoms with van der Waals surface area (Å²) in [5.41, 5.74) is 6.76. The van der Waals surface area contributed by atoms with E-state index in [1.165, 1.54) is 0 Å². The summed E-state index contributed by atoms with van der Waals surface area (Å²) in [6.45, 7) is 0. The summed E-state index contributed by atoms with van der Waals surface area (Å²) < 4.78 is 0. The molecule has 14 heavy (non-hydrogen) atoms. The first-order valence-electron chi connectivity index (χ1n) is 4.75. The molecular formula is C12H14N2. The maximum Gasteiger partial charge on any atom is 0.109 e. The number of nitrogens with one attached hydrogen (secondary N) is 1. The molecule has 72 valence electrons. The summed E-state index contributed by atoms with van der Waals surface area (Å²) in [5.74, 6) is 0. The van der Waals surface area contributed by atoms with Crippen LogP contribution in [-0.4, -0.2) is 5.66 Å². The maximum atomic E-state index is 6.14. The van der Waals surface area contributed by atoms with Gasteiger partial charge >= 0.3 is 0 Å². The second-order valence-electron chi connectivity index (χ2n) is 3.52. The third-order valence-corrected chi connectivity index (χ3v) is 2.25. The minimum Gasteiger partial charge on any atom is -0.364 e. The first kappa shape index (κ1) is 9.03. The van der Waals surface area contributed by atoms with E-state index in [9.17, 15) is 0 Å². The van der Waals surface area contributed by atoms with Crippen molar-refractivity contribution in [3.05, 3.63) is 54.6 Å². The quantitative estimate of drug-likeness (QED) is 0.695. The van der Waals surface area contributed by atoms with Crippen LogP contribution in [0.2, 0.25) is 0 Å². The van der Waals surface area contributed by atoms with E-state index in [0.717, 1.165) is 12.1 Å². The molecule has 1 aliphatic carbocycles. The first-order valence-corrected chi connectivity index (χ1v) is 4.75. The van der Waals surface area contributed by atoms with Gasteiger partial charge in [0.05, 0.1) is 0 Å². The minimum atomic E-state index is -0.434. The van der Waals surface area contributed by atoms with E-state index in [4.69, 9.17) is 5.73 Å². The van der Waals surface area contributed by atoms with Crippen LogP contribution in [0, 0.1) is 0 Å². The summed E-state index contributed by atoms with van der Waals surface area (Å²) in [6, 6.07) is 10.0. The van der Waals surface area contributed by atoms with E-state index in [2.05, 4.69) is 11.4 Å². The zero-order chi connectivity index (χ0) is 9.86. The predicted octanol–water partition coefficient (Wildman–Crippen LogP) is 2.27. The first-order chi connectivity index (χ1) is 6.79. The standard InChI is InChI=1S/C12H14N2/c13-12(9-5-2-6-10-12)14-11-7-3-1-4-8-11/h1-9,14H,10,13H2. The summed E-state index contributed by atoms with van der Waals surface area (Å²) in [7, 11) is 0. The average molecular weight is 186 g/mol. The molecule has 1 aromatic rings. The SMILES string of the molecule is NC1(Nc2ccccc2)C=CC=CC1. The Kier molecular flexibility index (Phi) is 2.37. The fourth-order valence-electron chi connectivity index (χ4n) is 1.52. The topological polar surface area (TPSA) is 38.0 Å². The van der Waals surface area contributed by atoms with E-state index < -0.39 is 5.66 Å². The van der Waals surface area contributed by atoms with Gasteiger partial charge in [-0.1, -0.05) is 36.4 Å². The van der Waals surface area contributed by atoms with Crippen LogP contribution < -0.4 is 11.1 Å². The summed E-state index contributed by atoms with van der Waals surface area (Å²) >= 11 is 0. The molecule has 0 amide bonds. The van der Waals surface area contributed by atoms with Crippen molar-refractivity contribution in [1.82, 2.24) is 0 Å². The maximum absolute atomic E-state index is 6.14. The Labute approximate surface area is 84.1 Å². The van der Waals surface area contributed by atoms with Crippen LogP contribution in [0.25, 0.3) is 0 Å². The van der Waals surface area contributed by atoms with E-state index in [-0.39, 0.29) is 0 Å². The lowest BCUT2D eigenvalue weighted by Gasteiger charge is -2.28. The van der Waals surface area contributed by atoms with Crippen LogP contribution in [-0.2, 0) is 0 Å². The number of rotatable bonds is 2. The molecular weight excluding hydrogens is 172 g/mol. The third kappa shape index (κ3) is 2.03. The number of anilines is 1. The van der Waals surface area contributed by atoms with Gasteiger partial charge in [0.15, 0.2) is 0 Å². The molecule has 1 unspecified atom stereocenters. The summed E-state index contributed by atoms with van der Waals surface area (Å²) in [5, 5.41) is 3.30. The van der Waals surface area contributed by atoms with Gasteiger partial charge in [-0.05, 0) is 18.2 Å². The molecule has 1 aromatic carbocycles. The summed E-state index contributed by atoms with van der Waals surface area (Å²) in [6.07, 6.45) is 8.85. The molecule has 0 saturated heterocycles. The number of hydrogen-bond donors (Lipinski definition) is 2. The molecule has 0 heterocycles. The highest BCUT2D eigenvalue weighted by Crippen LogP contribution is 2.18. The Morgan fingerprint density at radius 3 is 2.57 bits per heavy atom. The van der Waals surface area contributed by atoms with E-state index in [0.29, 0.717) is 0 Å². The van der Waals surface area contributed by atoms with Gasteiger partial charge in [0, 0.05) is 12.1 Å². The van der Waals surface area contributed by atoms with Crippen LogP contribution in [0.3, 0.4) is 0 Å². The van der Waals surface area contributed by atoms with Crippen LogP contribution in [0.15, 0.2) is 54.6 Å². The number of nitrogens with two attached hydrogens (primary N) is 1. The zero-order valence-corrected chi connectivity index (χ0v) is 7.98. The fourth-order valence-corrected chi connectivity index (χ4v) is 1.52. The van der Waals surface area contributed by atoms with Gasteiger partial charge in [0.2, 0.25) is 0 Å². The molecule has 2 rings (SSSR count). The van der Waals surface area contributed by atoms with Crippen LogP contribution >= 0.6 is 0 Å². The summed E-state index contributed by atoms with van der Waals surface area (Å²) in [4.78, 5) is 0. The largest absolute Gasteiger partial charge is 0.364 e. The number of para-hydroxylation sites is 1. The second-order valence-corrected chi connectivity index (χ2v) is 3.52. The molecule has 1 aliphatic rings. The van der Waals surface area contributed by atoms with E-state index in [1.54, 1.807) is 0 Å². The van der Waals surface area contributed by atoms with Gasteiger partial charge in [0.1, 0.15) is 5.66 Å². The molecule has 0 saturated carbocycles.